The molecule has 0 radical (unpaired) electrons. The Morgan fingerprint density at radius 3 is 2.81 bits per heavy atom. The molecule has 136 valence electrons. The second-order valence-electron chi connectivity index (χ2n) is 5.36. The first-order valence-electron chi connectivity index (χ1n) is 7.86. The van der Waals surface area contributed by atoms with Crippen LogP contribution in [0.25, 0.3) is 10.9 Å². The van der Waals surface area contributed by atoms with Crippen molar-refractivity contribution in [1.29, 1.82) is 0 Å². The number of alkyl halides is 1. The second-order valence-corrected chi connectivity index (χ2v) is 6.15. The molecule has 2 aromatic carbocycles. The van der Waals surface area contributed by atoms with Crippen LogP contribution in [0.15, 0.2) is 36.7 Å². The number of methoxy groups -OCH3 is 1. The van der Waals surface area contributed by atoms with Gasteiger partial charge in [-0.15, -0.1) is 11.6 Å². The Morgan fingerprint density at radius 2 is 2.04 bits per heavy atom. The Labute approximate surface area is 160 Å². The average Bonchev–Trinajstić information content (AvgIpc) is 2.65. The summed E-state index contributed by atoms with van der Waals surface area (Å²) in [6.07, 6.45) is 2.09. The minimum atomic E-state index is -0.548. The van der Waals surface area contributed by atoms with E-state index in [-0.39, 0.29) is 10.7 Å². The standard InChI is InChI=1S/C18H16Cl2FN3O2/c1-25-15-9-14-11(8-16(15)26-7-3-6-19)18(23-10-22-14)24-13-5-2-4-12(20)17(13)21/h2,4-5,8-10H,3,6-7H2,1H3,(H,22,23,24). The monoisotopic (exact) mass is 395 g/mol. The smallest absolute Gasteiger partial charge is 0.165 e. The van der Waals surface area contributed by atoms with Gasteiger partial charge in [0.1, 0.15) is 12.1 Å². The van der Waals surface area contributed by atoms with Crippen molar-refractivity contribution in [3.8, 4) is 11.5 Å². The summed E-state index contributed by atoms with van der Waals surface area (Å²) in [5.74, 6) is 1.47. The molecular formula is C18H16Cl2FN3O2. The zero-order valence-electron chi connectivity index (χ0n) is 13.9. The molecule has 0 saturated heterocycles. The fraction of sp³-hybridized carbons (Fsp3) is 0.222. The van der Waals surface area contributed by atoms with E-state index < -0.39 is 5.82 Å². The van der Waals surface area contributed by atoms with Crippen molar-refractivity contribution in [3.05, 3.63) is 47.5 Å². The summed E-state index contributed by atoms with van der Waals surface area (Å²) in [6.45, 7) is 0.449. The lowest BCUT2D eigenvalue weighted by molar-refractivity contribution is 0.295. The van der Waals surface area contributed by atoms with Gasteiger partial charge in [0, 0.05) is 17.3 Å². The zero-order valence-corrected chi connectivity index (χ0v) is 15.4. The SMILES string of the molecule is COc1cc2ncnc(Nc3cccc(Cl)c3F)c2cc1OCCCCl. The molecular weight excluding hydrogens is 380 g/mol. The highest BCUT2D eigenvalue weighted by Gasteiger charge is 2.13. The normalized spacial score (nSPS) is 10.8. The lowest BCUT2D eigenvalue weighted by Crippen LogP contribution is -2.02. The van der Waals surface area contributed by atoms with E-state index in [1.54, 1.807) is 31.4 Å². The number of hydrogen-bond acceptors (Lipinski definition) is 5. The van der Waals surface area contributed by atoms with Gasteiger partial charge in [0.2, 0.25) is 0 Å². The van der Waals surface area contributed by atoms with Crippen molar-refractivity contribution in [2.24, 2.45) is 0 Å². The number of rotatable bonds is 7. The van der Waals surface area contributed by atoms with Gasteiger partial charge in [-0.2, -0.15) is 0 Å². The summed E-state index contributed by atoms with van der Waals surface area (Å²) in [6, 6.07) is 8.21. The lowest BCUT2D eigenvalue weighted by atomic mass is 10.2. The van der Waals surface area contributed by atoms with Crippen LogP contribution in [0, 0.1) is 5.82 Å². The van der Waals surface area contributed by atoms with Crippen LogP contribution in [0.1, 0.15) is 6.42 Å². The molecule has 3 rings (SSSR count). The molecule has 0 unspecified atom stereocenters. The molecule has 0 aliphatic heterocycles. The van der Waals surface area contributed by atoms with Gasteiger partial charge in [0.15, 0.2) is 17.3 Å². The van der Waals surface area contributed by atoms with Gasteiger partial charge in [-0.1, -0.05) is 17.7 Å². The summed E-state index contributed by atoms with van der Waals surface area (Å²) < 4.78 is 25.3. The number of aromatic nitrogens is 2. The van der Waals surface area contributed by atoms with E-state index in [9.17, 15) is 4.39 Å². The zero-order chi connectivity index (χ0) is 18.5. The first kappa shape index (κ1) is 18.5. The van der Waals surface area contributed by atoms with E-state index in [0.29, 0.717) is 47.1 Å². The van der Waals surface area contributed by atoms with Gasteiger partial charge in [-0.05, 0) is 24.6 Å². The highest BCUT2D eigenvalue weighted by molar-refractivity contribution is 6.31. The maximum atomic E-state index is 14.2. The molecule has 8 heteroatoms. The van der Waals surface area contributed by atoms with Crippen LogP contribution in [0.3, 0.4) is 0 Å². The topological polar surface area (TPSA) is 56.3 Å². The summed E-state index contributed by atoms with van der Waals surface area (Å²) in [4.78, 5) is 8.46. The minimum Gasteiger partial charge on any atom is -0.493 e. The molecule has 0 saturated carbocycles. The van der Waals surface area contributed by atoms with Crippen LogP contribution >= 0.6 is 23.2 Å². The number of benzene rings is 2. The van der Waals surface area contributed by atoms with E-state index >= 15 is 0 Å². The fourth-order valence-corrected chi connectivity index (χ4v) is 2.68. The molecule has 0 fully saturated rings. The number of hydrogen-bond donors (Lipinski definition) is 1. The van der Waals surface area contributed by atoms with Gasteiger partial charge < -0.3 is 14.8 Å². The molecule has 0 atom stereocenters. The number of halogens is 3. The van der Waals surface area contributed by atoms with Gasteiger partial charge in [0.25, 0.3) is 0 Å². The highest BCUT2D eigenvalue weighted by Crippen LogP contribution is 2.35. The van der Waals surface area contributed by atoms with Crippen LogP contribution in [0.4, 0.5) is 15.9 Å². The van der Waals surface area contributed by atoms with E-state index in [4.69, 9.17) is 32.7 Å². The predicted octanol–water partition coefficient (Wildman–Crippen LogP) is 5.18. The first-order valence-corrected chi connectivity index (χ1v) is 8.78. The number of fused-ring (bicyclic) bond motifs is 1. The maximum Gasteiger partial charge on any atom is 0.165 e. The number of anilines is 2. The number of nitrogens with zero attached hydrogens (tertiary/aromatic N) is 2. The largest absolute Gasteiger partial charge is 0.493 e. The predicted molar refractivity (Wildman–Crippen MR) is 102 cm³/mol. The van der Waals surface area contributed by atoms with Crippen molar-refractivity contribution < 1.29 is 13.9 Å². The molecule has 1 aromatic heterocycles. The van der Waals surface area contributed by atoms with E-state index in [0.717, 1.165) is 0 Å². The van der Waals surface area contributed by atoms with Gasteiger partial charge in [0.05, 0.1) is 29.9 Å². The molecule has 5 nitrogen and oxygen atoms in total. The van der Waals surface area contributed by atoms with Crippen molar-refractivity contribution >= 4 is 45.6 Å². The van der Waals surface area contributed by atoms with Crippen molar-refractivity contribution in [2.45, 2.75) is 6.42 Å². The second kappa shape index (κ2) is 8.38. The van der Waals surface area contributed by atoms with Crippen LogP contribution in [-0.2, 0) is 0 Å². The molecule has 0 amide bonds. The number of nitrogens with one attached hydrogen (secondary N) is 1. The summed E-state index contributed by atoms with van der Waals surface area (Å²) in [7, 11) is 1.55. The van der Waals surface area contributed by atoms with Crippen LogP contribution < -0.4 is 14.8 Å². The third kappa shape index (κ3) is 3.92. The lowest BCUT2D eigenvalue weighted by Gasteiger charge is -2.14. The van der Waals surface area contributed by atoms with Gasteiger partial charge >= 0.3 is 0 Å². The average molecular weight is 396 g/mol. The Bertz CT molecular complexity index is 924. The fourth-order valence-electron chi connectivity index (χ4n) is 2.40. The van der Waals surface area contributed by atoms with Crippen molar-refractivity contribution in [2.75, 3.05) is 24.9 Å². The van der Waals surface area contributed by atoms with E-state index in [2.05, 4.69) is 15.3 Å². The highest BCUT2D eigenvalue weighted by atomic mass is 35.5. The Hall–Kier alpha value is -2.31. The van der Waals surface area contributed by atoms with E-state index in [1.165, 1.54) is 12.4 Å². The Balaban J connectivity index is 2.02. The maximum absolute atomic E-state index is 14.2. The van der Waals surface area contributed by atoms with Gasteiger partial charge in [-0.25, -0.2) is 14.4 Å². The Kier molecular flexibility index (Phi) is 5.96. The molecule has 0 bridgehead atoms. The summed E-state index contributed by atoms with van der Waals surface area (Å²) >= 11 is 11.5. The van der Waals surface area contributed by atoms with Crippen LogP contribution in [0.2, 0.25) is 5.02 Å². The first-order chi connectivity index (χ1) is 12.6. The Morgan fingerprint density at radius 1 is 1.19 bits per heavy atom. The molecule has 0 aliphatic carbocycles. The van der Waals surface area contributed by atoms with Gasteiger partial charge in [-0.3, -0.25) is 0 Å². The quantitative estimate of drug-likeness (QED) is 0.441. The van der Waals surface area contributed by atoms with Crippen LogP contribution in [0.5, 0.6) is 11.5 Å². The molecule has 1 heterocycles. The van der Waals surface area contributed by atoms with Crippen molar-refractivity contribution in [3.63, 3.8) is 0 Å². The third-order valence-electron chi connectivity index (χ3n) is 3.66. The van der Waals surface area contributed by atoms with Crippen LogP contribution in [-0.4, -0.2) is 29.6 Å². The molecule has 1 N–H and O–H groups in total. The third-order valence-corrected chi connectivity index (χ3v) is 4.22. The molecule has 26 heavy (non-hydrogen) atoms. The summed E-state index contributed by atoms with van der Waals surface area (Å²) in [5.41, 5.74) is 0.851. The molecule has 0 aliphatic rings. The molecule has 3 aromatic rings. The minimum absolute atomic E-state index is 0.0279. The summed E-state index contributed by atoms with van der Waals surface area (Å²) in [5, 5.41) is 3.65. The number of ether oxygens (including phenoxy) is 2. The van der Waals surface area contributed by atoms with Crippen molar-refractivity contribution in [1.82, 2.24) is 9.97 Å². The molecule has 0 spiro atoms. The van der Waals surface area contributed by atoms with E-state index in [1.807, 2.05) is 0 Å².